The number of nitrogens with zero attached hydrogens (tertiary/aromatic N) is 1. The number of aliphatic hydroxyl groups excluding tert-OH is 1. The standard InChI is InChI=1S/C12H23NO/c1-12(2)8-13(9-12)7-10-4-3-5-11(14)6-10/h10-11,14H,3-9H2,1-2H3. The molecule has 1 aliphatic heterocycles. The Morgan fingerprint density at radius 1 is 1.29 bits per heavy atom. The third kappa shape index (κ3) is 2.48. The van der Waals surface area contributed by atoms with E-state index in [-0.39, 0.29) is 6.10 Å². The van der Waals surface area contributed by atoms with Gasteiger partial charge >= 0.3 is 0 Å². The van der Waals surface area contributed by atoms with Crippen LogP contribution >= 0.6 is 0 Å². The Hall–Kier alpha value is -0.0800. The molecule has 0 aromatic rings. The van der Waals surface area contributed by atoms with Crippen LogP contribution in [0.5, 0.6) is 0 Å². The highest BCUT2D eigenvalue weighted by Gasteiger charge is 2.35. The Kier molecular flexibility index (Phi) is 2.85. The van der Waals surface area contributed by atoms with Crippen LogP contribution in [0.2, 0.25) is 0 Å². The van der Waals surface area contributed by atoms with Crippen LogP contribution in [0.4, 0.5) is 0 Å². The summed E-state index contributed by atoms with van der Waals surface area (Å²) < 4.78 is 0. The monoisotopic (exact) mass is 197 g/mol. The second-order valence-corrected chi connectivity index (χ2v) is 6.02. The van der Waals surface area contributed by atoms with Crippen molar-refractivity contribution in [1.29, 1.82) is 0 Å². The molecule has 1 saturated heterocycles. The van der Waals surface area contributed by atoms with Gasteiger partial charge in [0.25, 0.3) is 0 Å². The van der Waals surface area contributed by atoms with Gasteiger partial charge in [-0.1, -0.05) is 20.3 Å². The predicted octanol–water partition coefficient (Wildman–Crippen LogP) is 1.88. The Balaban J connectivity index is 1.71. The number of hydrogen-bond donors (Lipinski definition) is 1. The van der Waals surface area contributed by atoms with E-state index in [2.05, 4.69) is 18.7 Å². The zero-order chi connectivity index (χ0) is 10.2. The average molecular weight is 197 g/mol. The van der Waals surface area contributed by atoms with Crippen molar-refractivity contribution in [2.75, 3.05) is 19.6 Å². The van der Waals surface area contributed by atoms with Crippen molar-refractivity contribution in [3.63, 3.8) is 0 Å². The topological polar surface area (TPSA) is 23.5 Å². The zero-order valence-electron chi connectivity index (χ0n) is 9.50. The minimum atomic E-state index is -0.0111. The first-order valence-electron chi connectivity index (χ1n) is 5.96. The van der Waals surface area contributed by atoms with Crippen molar-refractivity contribution in [1.82, 2.24) is 4.90 Å². The Labute approximate surface area is 87.3 Å². The van der Waals surface area contributed by atoms with E-state index in [0.29, 0.717) is 5.41 Å². The van der Waals surface area contributed by atoms with Gasteiger partial charge in [-0.3, -0.25) is 0 Å². The van der Waals surface area contributed by atoms with E-state index in [1.54, 1.807) is 0 Å². The van der Waals surface area contributed by atoms with E-state index < -0.39 is 0 Å². The number of likely N-dealkylation sites (tertiary alicyclic amines) is 1. The van der Waals surface area contributed by atoms with Crippen molar-refractivity contribution in [3.8, 4) is 0 Å². The summed E-state index contributed by atoms with van der Waals surface area (Å²) in [4.78, 5) is 2.54. The fraction of sp³-hybridized carbons (Fsp3) is 1.00. The maximum Gasteiger partial charge on any atom is 0.0543 e. The van der Waals surface area contributed by atoms with Gasteiger partial charge in [0, 0.05) is 19.6 Å². The summed E-state index contributed by atoms with van der Waals surface area (Å²) in [7, 11) is 0. The molecule has 2 unspecified atom stereocenters. The normalized spacial score (nSPS) is 37.9. The lowest BCUT2D eigenvalue weighted by atomic mass is 9.81. The number of hydrogen-bond acceptors (Lipinski definition) is 2. The Bertz CT molecular complexity index is 194. The molecule has 82 valence electrons. The number of rotatable bonds is 2. The Morgan fingerprint density at radius 2 is 2.00 bits per heavy atom. The molecule has 2 fully saturated rings. The van der Waals surface area contributed by atoms with Crippen LogP contribution in [0.3, 0.4) is 0 Å². The first-order chi connectivity index (χ1) is 6.55. The highest BCUT2D eigenvalue weighted by molar-refractivity contribution is 4.89. The summed E-state index contributed by atoms with van der Waals surface area (Å²) >= 11 is 0. The maximum atomic E-state index is 9.57. The van der Waals surface area contributed by atoms with E-state index in [1.165, 1.54) is 32.5 Å². The van der Waals surface area contributed by atoms with Crippen molar-refractivity contribution < 1.29 is 5.11 Å². The molecule has 2 nitrogen and oxygen atoms in total. The molecule has 0 spiro atoms. The molecule has 1 saturated carbocycles. The average Bonchev–Trinajstić information content (AvgIpc) is 2.00. The van der Waals surface area contributed by atoms with Crippen LogP contribution in [-0.4, -0.2) is 35.7 Å². The van der Waals surface area contributed by atoms with Gasteiger partial charge in [0.1, 0.15) is 0 Å². The van der Waals surface area contributed by atoms with E-state index in [4.69, 9.17) is 0 Å². The molecule has 2 heteroatoms. The smallest absolute Gasteiger partial charge is 0.0543 e. The fourth-order valence-electron chi connectivity index (χ4n) is 3.09. The summed E-state index contributed by atoms with van der Waals surface area (Å²) in [5.41, 5.74) is 0.549. The largest absolute Gasteiger partial charge is 0.393 e. The van der Waals surface area contributed by atoms with E-state index >= 15 is 0 Å². The predicted molar refractivity (Wildman–Crippen MR) is 58.2 cm³/mol. The SMILES string of the molecule is CC1(C)CN(CC2CCCC(O)C2)C1. The van der Waals surface area contributed by atoms with Gasteiger partial charge in [-0.15, -0.1) is 0 Å². The second kappa shape index (κ2) is 3.82. The third-order valence-electron chi connectivity index (χ3n) is 3.57. The summed E-state index contributed by atoms with van der Waals surface area (Å²) in [6.45, 7) is 8.39. The van der Waals surface area contributed by atoms with Gasteiger partial charge in [0.15, 0.2) is 0 Å². The summed E-state index contributed by atoms with van der Waals surface area (Å²) in [6.07, 6.45) is 4.61. The lowest BCUT2D eigenvalue weighted by Gasteiger charge is -2.47. The van der Waals surface area contributed by atoms with Crippen LogP contribution in [0.1, 0.15) is 39.5 Å². The van der Waals surface area contributed by atoms with Crippen LogP contribution in [-0.2, 0) is 0 Å². The van der Waals surface area contributed by atoms with Crippen molar-refractivity contribution in [2.45, 2.75) is 45.6 Å². The molecule has 1 N–H and O–H groups in total. The van der Waals surface area contributed by atoms with E-state index in [9.17, 15) is 5.11 Å². The molecule has 0 aromatic heterocycles. The highest BCUT2D eigenvalue weighted by Crippen LogP contribution is 2.32. The highest BCUT2D eigenvalue weighted by atomic mass is 16.3. The molecule has 0 bridgehead atoms. The molecular formula is C12H23NO. The van der Waals surface area contributed by atoms with Crippen molar-refractivity contribution >= 4 is 0 Å². The van der Waals surface area contributed by atoms with Gasteiger partial charge in [0.2, 0.25) is 0 Å². The first kappa shape index (κ1) is 10.4. The maximum absolute atomic E-state index is 9.57. The zero-order valence-corrected chi connectivity index (χ0v) is 9.50. The Morgan fingerprint density at radius 3 is 2.57 bits per heavy atom. The van der Waals surface area contributed by atoms with Gasteiger partial charge in [0.05, 0.1) is 6.10 Å². The quantitative estimate of drug-likeness (QED) is 0.730. The summed E-state index contributed by atoms with van der Waals surface area (Å²) in [6, 6.07) is 0. The summed E-state index contributed by atoms with van der Waals surface area (Å²) in [5.74, 6) is 0.759. The second-order valence-electron chi connectivity index (χ2n) is 6.02. The van der Waals surface area contributed by atoms with Crippen LogP contribution < -0.4 is 0 Å². The van der Waals surface area contributed by atoms with Crippen molar-refractivity contribution in [3.05, 3.63) is 0 Å². The lowest BCUT2D eigenvalue weighted by molar-refractivity contribution is 0.00157. The minimum absolute atomic E-state index is 0.0111. The molecule has 0 radical (unpaired) electrons. The minimum Gasteiger partial charge on any atom is -0.393 e. The molecule has 2 rings (SSSR count). The number of aliphatic hydroxyl groups is 1. The van der Waals surface area contributed by atoms with Gasteiger partial charge in [-0.05, 0) is 30.6 Å². The van der Waals surface area contributed by atoms with Gasteiger partial charge in [-0.25, -0.2) is 0 Å². The molecule has 2 aliphatic rings. The molecular weight excluding hydrogens is 174 g/mol. The molecule has 1 aliphatic carbocycles. The fourth-order valence-corrected chi connectivity index (χ4v) is 3.09. The third-order valence-corrected chi connectivity index (χ3v) is 3.57. The molecule has 0 amide bonds. The first-order valence-corrected chi connectivity index (χ1v) is 5.96. The molecule has 14 heavy (non-hydrogen) atoms. The lowest BCUT2D eigenvalue weighted by Crippen LogP contribution is -2.54. The van der Waals surface area contributed by atoms with E-state index in [1.807, 2.05) is 0 Å². The van der Waals surface area contributed by atoms with Crippen LogP contribution in [0.25, 0.3) is 0 Å². The van der Waals surface area contributed by atoms with Crippen LogP contribution in [0, 0.1) is 11.3 Å². The van der Waals surface area contributed by atoms with Crippen molar-refractivity contribution in [2.24, 2.45) is 11.3 Å². The molecule has 2 atom stereocenters. The van der Waals surface area contributed by atoms with Gasteiger partial charge < -0.3 is 10.0 Å². The van der Waals surface area contributed by atoms with E-state index in [0.717, 1.165) is 18.8 Å². The molecule has 0 aromatic carbocycles. The molecule has 1 heterocycles. The van der Waals surface area contributed by atoms with Gasteiger partial charge in [-0.2, -0.15) is 0 Å². The summed E-state index contributed by atoms with van der Waals surface area (Å²) in [5, 5.41) is 9.57. The van der Waals surface area contributed by atoms with Crippen LogP contribution in [0.15, 0.2) is 0 Å².